The number of carbonyl (C=O) groups excluding carboxylic acids is 1. The lowest BCUT2D eigenvalue weighted by Gasteiger charge is -2.47. The minimum absolute atomic E-state index is 0.153. The van der Waals surface area contributed by atoms with Gasteiger partial charge in [0.2, 0.25) is 0 Å². The smallest absolute Gasteiger partial charge is 0.251 e. The lowest BCUT2D eigenvalue weighted by Crippen LogP contribution is -2.56. The maximum absolute atomic E-state index is 12.3. The Bertz CT molecular complexity index is 327. The largest absolute Gasteiger partial charge is 0.389 e. The third-order valence-corrected chi connectivity index (χ3v) is 4.94. The van der Waals surface area contributed by atoms with Gasteiger partial charge in [-0.1, -0.05) is 12.8 Å². The number of likely N-dealkylation sites (tertiary alicyclic amines) is 1. The fourth-order valence-corrected chi connectivity index (χ4v) is 3.75. The second-order valence-corrected chi connectivity index (χ2v) is 6.08. The van der Waals surface area contributed by atoms with E-state index in [1.807, 2.05) is 4.90 Å². The molecule has 4 heteroatoms. The van der Waals surface area contributed by atoms with E-state index < -0.39 is 5.60 Å². The van der Waals surface area contributed by atoms with Crippen LogP contribution >= 0.6 is 0 Å². The van der Waals surface area contributed by atoms with Crippen LogP contribution in [0.3, 0.4) is 0 Å². The summed E-state index contributed by atoms with van der Waals surface area (Å²) in [7, 11) is 0. The number of aliphatic hydroxyl groups is 1. The van der Waals surface area contributed by atoms with Crippen molar-refractivity contribution >= 4 is 5.91 Å². The Kier molecular flexibility index (Phi) is 3.32. The van der Waals surface area contributed by atoms with Crippen LogP contribution in [-0.2, 0) is 9.53 Å². The van der Waals surface area contributed by atoms with Crippen LogP contribution in [0.25, 0.3) is 0 Å². The summed E-state index contributed by atoms with van der Waals surface area (Å²) in [5.74, 6) is 0.436. The first-order valence-electron chi connectivity index (χ1n) is 7.32. The van der Waals surface area contributed by atoms with Gasteiger partial charge < -0.3 is 14.7 Å². The van der Waals surface area contributed by atoms with Gasteiger partial charge in [0.1, 0.15) is 6.10 Å². The van der Waals surface area contributed by atoms with Crippen molar-refractivity contribution in [3.63, 3.8) is 0 Å². The van der Waals surface area contributed by atoms with Crippen LogP contribution in [-0.4, -0.2) is 47.3 Å². The molecule has 2 heterocycles. The van der Waals surface area contributed by atoms with E-state index in [0.29, 0.717) is 6.54 Å². The lowest BCUT2D eigenvalue weighted by molar-refractivity contribution is -0.152. The highest BCUT2D eigenvalue weighted by Crippen LogP contribution is 2.40. The van der Waals surface area contributed by atoms with Gasteiger partial charge in [0.05, 0.1) is 5.60 Å². The topological polar surface area (TPSA) is 49.8 Å². The predicted octanol–water partition coefficient (Wildman–Crippen LogP) is 1.32. The van der Waals surface area contributed by atoms with E-state index in [9.17, 15) is 9.90 Å². The summed E-state index contributed by atoms with van der Waals surface area (Å²) in [6.07, 6.45) is 6.70. The van der Waals surface area contributed by atoms with E-state index in [0.717, 1.165) is 51.7 Å². The van der Waals surface area contributed by atoms with Crippen molar-refractivity contribution in [3.8, 4) is 0 Å². The van der Waals surface area contributed by atoms with Crippen molar-refractivity contribution in [3.05, 3.63) is 0 Å². The number of piperidine rings is 1. The third kappa shape index (κ3) is 2.16. The number of fused-ring (bicyclic) bond motifs is 1. The molecule has 1 aliphatic carbocycles. The average molecular weight is 253 g/mol. The highest BCUT2D eigenvalue weighted by molar-refractivity contribution is 5.81. The molecule has 18 heavy (non-hydrogen) atoms. The van der Waals surface area contributed by atoms with E-state index in [4.69, 9.17) is 4.74 Å². The van der Waals surface area contributed by atoms with E-state index in [1.54, 1.807) is 0 Å². The normalized spacial score (nSPS) is 40.6. The second kappa shape index (κ2) is 4.82. The van der Waals surface area contributed by atoms with Gasteiger partial charge in [-0.2, -0.15) is 0 Å². The molecule has 3 rings (SSSR count). The maximum atomic E-state index is 12.3. The number of nitrogens with zero attached hydrogens (tertiary/aromatic N) is 1. The average Bonchev–Trinajstić information content (AvgIpc) is 2.90. The van der Waals surface area contributed by atoms with Gasteiger partial charge in [-0.15, -0.1) is 0 Å². The fourth-order valence-electron chi connectivity index (χ4n) is 3.75. The molecule has 1 amide bonds. The van der Waals surface area contributed by atoms with Crippen molar-refractivity contribution < 1.29 is 14.6 Å². The van der Waals surface area contributed by atoms with Crippen LogP contribution in [0.1, 0.15) is 44.9 Å². The molecule has 4 nitrogen and oxygen atoms in total. The van der Waals surface area contributed by atoms with Crippen molar-refractivity contribution in [2.45, 2.75) is 56.7 Å². The van der Waals surface area contributed by atoms with Gasteiger partial charge in [-0.05, 0) is 32.1 Å². The molecule has 0 bridgehead atoms. The van der Waals surface area contributed by atoms with Crippen LogP contribution in [0.5, 0.6) is 0 Å². The Morgan fingerprint density at radius 1 is 1.22 bits per heavy atom. The van der Waals surface area contributed by atoms with Crippen molar-refractivity contribution in [2.24, 2.45) is 5.92 Å². The zero-order valence-electron chi connectivity index (χ0n) is 10.9. The van der Waals surface area contributed by atoms with Crippen LogP contribution in [0.15, 0.2) is 0 Å². The lowest BCUT2D eigenvalue weighted by atomic mass is 9.71. The maximum Gasteiger partial charge on any atom is 0.251 e. The molecule has 0 spiro atoms. The summed E-state index contributed by atoms with van der Waals surface area (Å²) in [4.78, 5) is 14.2. The Morgan fingerprint density at radius 2 is 2.11 bits per heavy atom. The fraction of sp³-hybridized carbons (Fsp3) is 0.929. The molecule has 0 radical (unpaired) electrons. The highest BCUT2D eigenvalue weighted by atomic mass is 16.5. The quantitative estimate of drug-likeness (QED) is 0.766. The van der Waals surface area contributed by atoms with Gasteiger partial charge in [-0.25, -0.2) is 0 Å². The summed E-state index contributed by atoms with van der Waals surface area (Å²) in [6, 6.07) is 0. The molecule has 3 aliphatic rings. The molecule has 3 fully saturated rings. The molecule has 1 N–H and O–H groups in total. The number of amides is 1. The molecule has 3 atom stereocenters. The van der Waals surface area contributed by atoms with Gasteiger partial charge >= 0.3 is 0 Å². The standard InChI is InChI=1S/C14H23NO3/c16-13(12-5-3-9-18-12)15-8-7-14(17)6-2-1-4-11(14)10-15/h11-12,17H,1-10H2. The predicted molar refractivity (Wildman–Crippen MR) is 67.1 cm³/mol. The van der Waals surface area contributed by atoms with Gasteiger partial charge in [-0.3, -0.25) is 4.79 Å². The number of rotatable bonds is 1. The highest BCUT2D eigenvalue weighted by Gasteiger charge is 2.44. The summed E-state index contributed by atoms with van der Waals surface area (Å²) < 4.78 is 5.48. The molecule has 102 valence electrons. The Hall–Kier alpha value is -0.610. The van der Waals surface area contributed by atoms with E-state index >= 15 is 0 Å². The Balaban J connectivity index is 1.64. The van der Waals surface area contributed by atoms with Crippen LogP contribution < -0.4 is 0 Å². The molecular formula is C14H23NO3. The van der Waals surface area contributed by atoms with Gasteiger partial charge in [0.25, 0.3) is 5.91 Å². The minimum atomic E-state index is -0.494. The molecule has 0 aromatic heterocycles. The van der Waals surface area contributed by atoms with Crippen LogP contribution in [0.4, 0.5) is 0 Å². The van der Waals surface area contributed by atoms with Gasteiger partial charge in [0, 0.05) is 25.6 Å². The minimum Gasteiger partial charge on any atom is -0.389 e. The van der Waals surface area contributed by atoms with Crippen molar-refractivity contribution in [1.29, 1.82) is 0 Å². The number of hydrogen-bond donors (Lipinski definition) is 1. The van der Waals surface area contributed by atoms with E-state index in [-0.39, 0.29) is 17.9 Å². The first-order valence-corrected chi connectivity index (χ1v) is 7.32. The molecule has 0 aromatic carbocycles. The summed E-state index contributed by atoms with van der Waals surface area (Å²) >= 11 is 0. The summed E-state index contributed by atoms with van der Waals surface area (Å²) in [5.41, 5.74) is -0.494. The first kappa shape index (κ1) is 12.4. The number of ether oxygens (including phenoxy) is 1. The Labute approximate surface area is 108 Å². The van der Waals surface area contributed by atoms with Gasteiger partial charge in [0.15, 0.2) is 0 Å². The van der Waals surface area contributed by atoms with E-state index in [1.165, 1.54) is 6.42 Å². The van der Waals surface area contributed by atoms with Crippen LogP contribution in [0.2, 0.25) is 0 Å². The zero-order chi connectivity index (χ0) is 12.6. The molecule has 2 aliphatic heterocycles. The SMILES string of the molecule is O=C(C1CCCO1)N1CCC2(O)CCCCC2C1. The summed E-state index contributed by atoms with van der Waals surface area (Å²) in [5, 5.41) is 10.6. The van der Waals surface area contributed by atoms with Crippen molar-refractivity contribution in [1.82, 2.24) is 4.90 Å². The van der Waals surface area contributed by atoms with Crippen molar-refractivity contribution in [2.75, 3.05) is 19.7 Å². The Morgan fingerprint density at radius 3 is 2.89 bits per heavy atom. The van der Waals surface area contributed by atoms with E-state index in [2.05, 4.69) is 0 Å². The molecule has 3 unspecified atom stereocenters. The third-order valence-electron chi connectivity index (χ3n) is 4.94. The second-order valence-electron chi connectivity index (χ2n) is 6.08. The molecule has 2 saturated heterocycles. The molecular weight excluding hydrogens is 230 g/mol. The van der Waals surface area contributed by atoms with Crippen LogP contribution in [0, 0.1) is 5.92 Å². The monoisotopic (exact) mass is 253 g/mol. The summed E-state index contributed by atoms with van der Waals surface area (Å²) in [6.45, 7) is 2.15. The molecule has 0 aromatic rings. The molecule has 1 saturated carbocycles. The number of carbonyl (C=O) groups is 1. The first-order chi connectivity index (χ1) is 8.69. The number of hydrogen-bond acceptors (Lipinski definition) is 3. The zero-order valence-corrected chi connectivity index (χ0v) is 10.9.